The molecule has 1 aromatic heterocycles. The van der Waals surface area contributed by atoms with E-state index in [0.717, 1.165) is 16.3 Å². The molecular weight excluding hydrogens is 322 g/mol. The molecule has 0 aliphatic heterocycles. The topological polar surface area (TPSA) is 77.8 Å². The Labute approximate surface area is 144 Å². The first-order valence-electron chi connectivity index (χ1n) is 7.61. The smallest absolute Gasteiger partial charge is 0.374 e. The summed E-state index contributed by atoms with van der Waals surface area (Å²) >= 11 is 0. The third-order valence-electron chi connectivity index (χ3n) is 3.95. The lowest BCUT2D eigenvalue weighted by Gasteiger charge is -2.07. The van der Waals surface area contributed by atoms with Crippen molar-refractivity contribution in [3.05, 3.63) is 53.8 Å². The van der Waals surface area contributed by atoms with Crippen LogP contribution >= 0.6 is 0 Å². The highest BCUT2D eigenvalue weighted by atomic mass is 16.5. The zero-order valence-corrected chi connectivity index (χ0v) is 14.1. The molecule has 0 amide bonds. The lowest BCUT2D eigenvalue weighted by Crippen LogP contribution is -2.11. The monoisotopic (exact) mass is 339 g/mol. The van der Waals surface area contributed by atoms with Crippen LogP contribution in [0.1, 0.15) is 20.9 Å². The average molecular weight is 339 g/mol. The van der Waals surface area contributed by atoms with Crippen LogP contribution in [-0.4, -0.2) is 33.2 Å². The molecule has 0 saturated heterocycles. The van der Waals surface area contributed by atoms with E-state index in [1.54, 1.807) is 7.05 Å². The number of rotatable bonds is 4. The van der Waals surface area contributed by atoms with Gasteiger partial charge in [0.15, 0.2) is 5.76 Å². The summed E-state index contributed by atoms with van der Waals surface area (Å²) in [6.07, 6.45) is 0. The number of ether oxygens (including phenoxy) is 2. The van der Waals surface area contributed by atoms with Gasteiger partial charge in [0.05, 0.1) is 19.9 Å². The fourth-order valence-electron chi connectivity index (χ4n) is 2.82. The minimum Gasteiger partial charge on any atom is -0.465 e. The first kappa shape index (κ1) is 16.6. The molecule has 0 spiro atoms. The van der Waals surface area contributed by atoms with E-state index in [4.69, 9.17) is 13.9 Å². The summed E-state index contributed by atoms with van der Waals surface area (Å²) in [5.74, 6) is -1.25. The molecule has 0 unspecified atom stereocenters. The Morgan fingerprint density at radius 3 is 2.32 bits per heavy atom. The van der Waals surface area contributed by atoms with E-state index in [9.17, 15) is 9.59 Å². The highest BCUT2D eigenvalue weighted by Crippen LogP contribution is 2.39. The zero-order chi connectivity index (χ0) is 18.0. The number of methoxy groups -OCH3 is 2. The van der Waals surface area contributed by atoms with E-state index in [1.807, 2.05) is 42.5 Å². The van der Waals surface area contributed by atoms with Crippen molar-refractivity contribution in [3.63, 3.8) is 0 Å². The lowest BCUT2D eigenvalue weighted by atomic mass is 10.0. The third kappa shape index (κ3) is 2.71. The number of fused-ring (bicyclic) bond motifs is 1. The number of benzene rings is 2. The highest BCUT2D eigenvalue weighted by Gasteiger charge is 2.31. The molecule has 2 aromatic carbocycles. The minimum absolute atomic E-state index is 0.0137. The van der Waals surface area contributed by atoms with Gasteiger partial charge >= 0.3 is 11.9 Å². The molecular formula is C19H17NO5. The Kier molecular flexibility index (Phi) is 4.43. The lowest BCUT2D eigenvalue weighted by molar-refractivity contribution is 0.0529. The van der Waals surface area contributed by atoms with E-state index in [0.29, 0.717) is 11.4 Å². The summed E-state index contributed by atoms with van der Waals surface area (Å²) in [4.78, 5) is 24.3. The van der Waals surface area contributed by atoms with E-state index < -0.39 is 11.9 Å². The van der Waals surface area contributed by atoms with Gasteiger partial charge in [-0.25, -0.2) is 9.59 Å². The SMILES string of the molecule is CNc1c(-c2cccc3ccccc23)oc(C(=O)OC)c1C(=O)OC. The molecule has 0 fully saturated rings. The number of carbonyl (C=O) groups is 2. The molecule has 6 nitrogen and oxygen atoms in total. The standard InChI is InChI=1S/C19H17NO5/c1-20-15-14(18(21)23-2)17(19(22)24-3)25-16(15)13-10-6-8-11-7-4-5-9-12(11)13/h4-10,20H,1-3H3. The number of hydrogen-bond acceptors (Lipinski definition) is 6. The van der Waals surface area contributed by atoms with Crippen molar-refractivity contribution in [2.75, 3.05) is 26.6 Å². The van der Waals surface area contributed by atoms with Crippen molar-refractivity contribution in [1.29, 1.82) is 0 Å². The summed E-state index contributed by atoms with van der Waals surface area (Å²) < 4.78 is 15.3. The fraction of sp³-hybridized carbons (Fsp3) is 0.158. The van der Waals surface area contributed by atoms with Crippen molar-refractivity contribution in [3.8, 4) is 11.3 Å². The second-order valence-electron chi connectivity index (χ2n) is 5.27. The molecule has 1 heterocycles. The van der Waals surface area contributed by atoms with E-state index in [2.05, 4.69) is 5.32 Å². The molecule has 6 heteroatoms. The van der Waals surface area contributed by atoms with Gasteiger partial charge in [-0.2, -0.15) is 0 Å². The third-order valence-corrected chi connectivity index (χ3v) is 3.95. The van der Waals surface area contributed by atoms with Crippen LogP contribution in [0.2, 0.25) is 0 Å². The van der Waals surface area contributed by atoms with Crippen LogP contribution in [0.4, 0.5) is 5.69 Å². The van der Waals surface area contributed by atoms with Crippen molar-refractivity contribution >= 4 is 28.4 Å². The maximum atomic E-state index is 12.2. The van der Waals surface area contributed by atoms with Gasteiger partial charge in [-0.3, -0.25) is 0 Å². The number of furan rings is 1. The van der Waals surface area contributed by atoms with Crippen LogP contribution in [0, 0.1) is 0 Å². The van der Waals surface area contributed by atoms with Gasteiger partial charge in [-0.15, -0.1) is 0 Å². The van der Waals surface area contributed by atoms with Crippen LogP contribution in [0.15, 0.2) is 46.9 Å². The number of esters is 2. The van der Waals surface area contributed by atoms with Crippen LogP contribution in [0.25, 0.3) is 22.1 Å². The Morgan fingerprint density at radius 1 is 0.960 bits per heavy atom. The van der Waals surface area contributed by atoms with Gasteiger partial charge in [-0.05, 0) is 10.8 Å². The average Bonchev–Trinajstić information content (AvgIpc) is 3.05. The molecule has 0 aliphatic carbocycles. The molecule has 0 atom stereocenters. The Bertz CT molecular complexity index is 952. The highest BCUT2D eigenvalue weighted by molar-refractivity contribution is 6.10. The molecule has 0 aliphatic rings. The Balaban J connectivity index is 2.34. The summed E-state index contributed by atoms with van der Waals surface area (Å²) in [6, 6.07) is 13.5. The van der Waals surface area contributed by atoms with Gasteiger partial charge in [-0.1, -0.05) is 42.5 Å². The molecule has 128 valence electrons. The van der Waals surface area contributed by atoms with Gasteiger partial charge in [0.2, 0.25) is 5.76 Å². The molecule has 3 rings (SSSR count). The van der Waals surface area contributed by atoms with Gasteiger partial charge in [0.1, 0.15) is 5.56 Å². The zero-order valence-electron chi connectivity index (χ0n) is 14.1. The number of nitrogens with one attached hydrogen (secondary N) is 1. The Hall–Kier alpha value is -3.28. The van der Waals surface area contributed by atoms with Crippen LogP contribution in [-0.2, 0) is 9.47 Å². The molecule has 3 aromatic rings. The van der Waals surface area contributed by atoms with Crippen LogP contribution < -0.4 is 5.32 Å². The summed E-state index contributed by atoms with van der Waals surface area (Å²) in [5.41, 5.74) is 1.14. The molecule has 25 heavy (non-hydrogen) atoms. The fourth-order valence-corrected chi connectivity index (χ4v) is 2.82. The normalized spacial score (nSPS) is 10.5. The molecule has 1 N–H and O–H groups in total. The van der Waals surface area contributed by atoms with Gasteiger partial charge in [0, 0.05) is 12.6 Å². The predicted octanol–water partition coefficient (Wildman–Crippen LogP) is 3.71. The maximum Gasteiger partial charge on any atom is 0.374 e. The van der Waals surface area contributed by atoms with Gasteiger partial charge < -0.3 is 19.2 Å². The summed E-state index contributed by atoms with van der Waals surface area (Å²) in [6.45, 7) is 0. The summed E-state index contributed by atoms with van der Waals surface area (Å²) in [5, 5.41) is 4.88. The van der Waals surface area contributed by atoms with Crippen LogP contribution in [0.3, 0.4) is 0 Å². The molecule has 0 radical (unpaired) electrons. The van der Waals surface area contributed by atoms with Crippen molar-refractivity contribution in [2.45, 2.75) is 0 Å². The first-order valence-corrected chi connectivity index (χ1v) is 7.61. The minimum atomic E-state index is -0.747. The van der Waals surface area contributed by atoms with Crippen LogP contribution in [0.5, 0.6) is 0 Å². The molecule has 0 saturated carbocycles. The van der Waals surface area contributed by atoms with Crippen molar-refractivity contribution in [1.82, 2.24) is 0 Å². The number of anilines is 1. The van der Waals surface area contributed by atoms with E-state index in [1.165, 1.54) is 14.2 Å². The van der Waals surface area contributed by atoms with E-state index in [-0.39, 0.29) is 11.3 Å². The predicted molar refractivity (Wildman–Crippen MR) is 93.9 cm³/mol. The van der Waals surface area contributed by atoms with E-state index >= 15 is 0 Å². The second kappa shape index (κ2) is 6.68. The second-order valence-corrected chi connectivity index (χ2v) is 5.27. The summed E-state index contributed by atoms with van der Waals surface area (Å²) in [7, 11) is 4.11. The number of hydrogen-bond donors (Lipinski definition) is 1. The quantitative estimate of drug-likeness (QED) is 0.730. The first-order chi connectivity index (χ1) is 12.1. The number of carbonyl (C=O) groups excluding carboxylic acids is 2. The van der Waals surface area contributed by atoms with Crippen molar-refractivity contribution in [2.24, 2.45) is 0 Å². The molecule has 0 bridgehead atoms. The maximum absolute atomic E-state index is 12.2. The largest absolute Gasteiger partial charge is 0.465 e. The van der Waals surface area contributed by atoms with Gasteiger partial charge in [0.25, 0.3) is 0 Å². The Morgan fingerprint density at radius 2 is 1.64 bits per heavy atom. The van der Waals surface area contributed by atoms with Crippen molar-refractivity contribution < 1.29 is 23.5 Å².